The molecule has 2 saturated carbocycles. The number of nitrogens with zero attached hydrogens (tertiary/aromatic N) is 2. The molecule has 0 radical (unpaired) electrons. The first kappa shape index (κ1) is 22.9. The third-order valence-electron chi connectivity index (χ3n) is 8.23. The highest BCUT2D eigenvalue weighted by atomic mass is 127. The standard InChI is InChI=1S/C29H22I2N2O3/c30-23-10-15(11-24(31)27(23)36-14-17-6-3-5-16-4-1-2-7-18(16)17)13-32-33-28(34)25-19-8-9-20(22-12-21(19)22)26(25)29(33)35/h1-11,13,19-22,25-26H,12,14H2/t19-,20-,21-,22+,25+,26+/m0/s1. The largest absolute Gasteiger partial charge is 0.487 e. The highest BCUT2D eigenvalue weighted by molar-refractivity contribution is 14.1. The molecule has 4 aliphatic carbocycles. The lowest BCUT2D eigenvalue weighted by atomic mass is 9.63. The van der Waals surface area contributed by atoms with Crippen molar-refractivity contribution in [2.24, 2.45) is 40.6 Å². The molecule has 5 nitrogen and oxygen atoms in total. The van der Waals surface area contributed by atoms with E-state index in [4.69, 9.17) is 4.74 Å². The Morgan fingerprint density at radius 2 is 1.56 bits per heavy atom. The molecule has 180 valence electrons. The Morgan fingerprint density at radius 3 is 2.25 bits per heavy atom. The Balaban J connectivity index is 1.09. The predicted molar refractivity (Wildman–Crippen MR) is 154 cm³/mol. The van der Waals surface area contributed by atoms with Crippen LogP contribution in [0.5, 0.6) is 5.75 Å². The fourth-order valence-electron chi connectivity index (χ4n) is 6.54. The van der Waals surface area contributed by atoms with E-state index in [9.17, 15) is 9.59 Å². The Kier molecular flexibility index (Phi) is 5.50. The number of ether oxygens (including phenoxy) is 1. The van der Waals surface area contributed by atoms with Crippen LogP contribution in [0.1, 0.15) is 17.5 Å². The summed E-state index contributed by atoms with van der Waals surface area (Å²) in [5.74, 6) is 1.71. The zero-order valence-electron chi connectivity index (χ0n) is 19.2. The van der Waals surface area contributed by atoms with Crippen molar-refractivity contribution in [3.05, 3.63) is 85.0 Å². The second-order valence-corrected chi connectivity index (χ2v) is 12.5. The van der Waals surface area contributed by atoms with Gasteiger partial charge in [-0.25, -0.2) is 0 Å². The molecule has 3 fully saturated rings. The summed E-state index contributed by atoms with van der Waals surface area (Å²) in [6.07, 6.45) is 7.15. The number of rotatable bonds is 5. The van der Waals surface area contributed by atoms with Crippen LogP contribution in [0.15, 0.2) is 71.9 Å². The van der Waals surface area contributed by atoms with Crippen molar-refractivity contribution in [2.45, 2.75) is 13.0 Å². The van der Waals surface area contributed by atoms with E-state index in [2.05, 4.69) is 92.8 Å². The fourth-order valence-corrected chi connectivity index (χ4v) is 8.67. The molecule has 0 N–H and O–H groups in total. The quantitative estimate of drug-likeness (QED) is 0.142. The molecule has 1 saturated heterocycles. The number of hydrazone groups is 1. The summed E-state index contributed by atoms with van der Waals surface area (Å²) in [4.78, 5) is 26.3. The van der Waals surface area contributed by atoms with Crippen LogP contribution in [0, 0.1) is 42.6 Å². The highest BCUT2D eigenvalue weighted by Crippen LogP contribution is 2.65. The summed E-state index contributed by atoms with van der Waals surface area (Å²) in [7, 11) is 0. The molecule has 8 rings (SSSR count). The van der Waals surface area contributed by atoms with Crippen molar-refractivity contribution >= 4 is 74.0 Å². The van der Waals surface area contributed by atoms with E-state index < -0.39 is 0 Å². The van der Waals surface area contributed by atoms with E-state index in [0.29, 0.717) is 18.4 Å². The van der Waals surface area contributed by atoms with Gasteiger partial charge in [0.25, 0.3) is 11.8 Å². The molecule has 1 aliphatic heterocycles. The van der Waals surface area contributed by atoms with E-state index in [1.54, 1.807) is 6.21 Å². The number of fused-ring (bicyclic) bond motifs is 1. The zero-order valence-corrected chi connectivity index (χ0v) is 23.5. The molecule has 2 bridgehead atoms. The summed E-state index contributed by atoms with van der Waals surface area (Å²) in [6, 6.07) is 18.5. The van der Waals surface area contributed by atoms with Gasteiger partial charge in [0.2, 0.25) is 0 Å². The number of carbonyl (C=O) groups excluding carboxylic acids is 2. The Labute approximate surface area is 236 Å². The van der Waals surface area contributed by atoms with Crippen molar-refractivity contribution in [1.29, 1.82) is 0 Å². The van der Waals surface area contributed by atoms with E-state index in [1.807, 2.05) is 24.3 Å². The third-order valence-corrected chi connectivity index (χ3v) is 9.84. The molecule has 36 heavy (non-hydrogen) atoms. The summed E-state index contributed by atoms with van der Waals surface area (Å²) in [6.45, 7) is 0.471. The molecule has 7 heteroatoms. The van der Waals surface area contributed by atoms with Crippen LogP contribution in [0.3, 0.4) is 0 Å². The molecule has 3 aromatic rings. The van der Waals surface area contributed by atoms with Gasteiger partial charge in [-0.2, -0.15) is 10.1 Å². The van der Waals surface area contributed by atoms with Crippen molar-refractivity contribution < 1.29 is 14.3 Å². The average molecular weight is 700 g/mol. The minimum Gasteiger partial charge on any atom is -0.487 e. The number of carbonyl (C=O) groups is 2. The van der Waals surface area contributed by atoms with Crippen LogP contribution in [-0.2, 0) is 16.2 Å². The van der Waals surface area contributed by atoms with Crippen LogP contribution in [-0.4, -0.2) is 23.0 Å². The minimum atomic E-state index is -0.224. The van der Waals surface area contributed by atoms with Gasteiger partial charge in [0.1, 0.15) is 12.4 Å². The highest BCUT2D eigenvalue weighted by Gasteiger charge is 2.67. The number of allylic oxidation sites excluding steroid dienone is 2. The average Bonchev–Trinajstić information content (AvgIpc) is 3.66. The van der Waals surface area contributed by atoms with Crippen molar-refractivity contribution in [3.63, 3.8) is 0 Å². The number of hydrogen-bond donors (Lipinski definition) is 0. The topological polar surface area (TPSA) is 59.0 Å². The van der Waals surface area contributed by atoms with Crippen molar-refractivity contribution in [1.82, 2.24) is 5.01 Å². The summed E-state index contributed by atoms with van der Waals surface area (Å²) < 4.78 is 8.16. The van der Waals surface area contributed by atoms with Gasteiger partial charge in [0, 0.05) is 0 Å². The van der Waals surface area contributed by atoms with Gasteiger partial charge in [-0.15, -0.1) is 0 Å². The maximum atomic E-state index is 13.2. The third kappa shape index (κ3) is 3.56. The Hall–Kier alpha value is -2.27. The van der Waals surface area contributed by atoms with Crippen LogP contribution in [0.2, 0.25) is 0 Å². The first-order valence-corrected chi connectivity index (χ1v) is 14.4. The van der Waals surface area contributed by atoms with Gasteiger partial charge < -0.3 is 4.74 Å². The molecule has 0 aromatic heterocycles. The smallest absolute Gasteiger partial charge is 0.254 e. The molecule has 0 unspecified atom stereocenters. The van der Waals surface area contributed by atoms with E-state index >= 15 is 0 Å². The molecule has 5 aliphatic rings. The van der Waals surface area contributed by atoms with Crippen LogP contribution in [0.4, 0.5) is 0 Å². The van der Waals surface area contributed by atoms with Crippen LogP contribution >= 0.6 is 45.2 Å². The predicted octanol–water partition coefficient (Wildman–Crippen LogP) is 6.02. The maximum absolute atomic E-state index is 13.2. The molecular formula is C29H22I2N2O3. The van der Waals surface area contributed by atoms with Gasteiger partial charge in [0.05, 0.1) is 25.2 Å². The summed E-state index contributed by atoms with van der Waals surface area (Å²) in [5, 5.41) is 7.91. The molecule has 2 amide bonds. The Morgan fingerprint density at radius 1 is 0.917 bits per heavy atom. The normalized spacial score (nSPS) is 29.8. The molecule has 3 aromatic carbocycles. The zero-order chi connectivity index (χ0) is 24.6. The second-order valence-electron chi connectivity index (χ2n) is 10.1. The van der Waals surface area contributed by atoms with Gasteiger partial charge in [-0.3, -0.25) is 9.59 Å². The molecule has 1 heterocycles. The SMILES string of the molecule is O=C1[C@@H]2[C@H]3C=C[C@@H]([C@@H]4C[C@H]34)[C@H]2C(=O)N1N=Cc1cc(I)c(OCc2cccc3ccccc23)c(I)c1. The first-order chi connectivity index (χ1) is 17.5. The number of imide groups is 1. The van der Waals surface area contributed by atoms with E-state index in [1.165, 1.54) is 10.8 Å². The van der Waals surface area contributed by atoms with Gasteiger partial charge in [-0.1, -0.05) is 54.6 Å². The van der Waals surface area contributed by atoms with Crippen molar-refractivity contribution in [2.75, 3.05) is 0 Å². The number of hydrogen-bond acceptors (Lipinski definition) is 4. The summed E-state index contributed by atoms with van der Waals surface area (Å²) in [5.41, 5.74) is 1.97. The molecular weight excluding hydrogens is 678 g/mol. The van der Waals surface area contributed by atoms with Gasteiger partial charge >= 0.3 is 0 Å². The van der Waals surface area contributed by atoms with E-state index in [-0.39, 0.29) is 35.5 Å². The number of amides is 2. The fraction of sp³-hybridized carbons (Fsp3) is 0.276. The number of benzene rings is 3. The van der Waals surface area contributed by atoms with Crippen LogP contribution < -0.4 is 4.74 Å². The lowest BCUT2D eigenvalue weighted by Crippen LogP contribution is -2.40. The second kappa shape index (κ2) is 8.65. The number of halogens is 2. The Bertz CT molecular complexity index is 1430. The van der Waals surface area contributed by atoms with Gasteiger partial charge in [0.15, 0.2) is 0 Å². The molecule has 0 spiro atoms. The summed E-state index contributed by atoms with van der Waals surface area (Å²) >= 11 is 4.54. The monoisotopic (exact) mass is 700 g/mol. The minimum absolute atomic E-state index is 0.134. The van der Waals surface area contributed by atoms with Crippen LogP contribution in [0.25, 0.3) is 10.8 Å². The maximum Gasteiger partial charge on any atom is 0.254 e. The lowest BCUT2D eigenvalue weighted by molar-refractivity contribution is -0.140. The van der Waals surface area contributed by atoms with Crippen molar-refractivity contribution in [3.8, 4) is 5.75 Å². The van der Waals surface area contributed by atoms with E-state index in [0.717, 1.165) is 35.4 Å². The lowest BCUT2D eigenvalue weighted by Gasteiger charge is -2.37. The van der Waals surface area contributed by atoms with Gasteiger partial charge in [-0.05, 0) is 109 Å². The molecule has 6 atom stereocenters. The first-order valence-electron chi connectivity index (χ1n) is 12.2.